The van der Waals surface area contributed by atoms with E-state index >= 15 is 0 Å². The summed E-state index contributed by atoms with van der Waals surface area (Å²) in [6.45, 7) is 9.76. The summed E-state index contributed by atoms with van der Waals surface area (Å²) in [5.74, 6) is 0. The van der Waals surface area contributed by atoms with Gasteiger partial charge in [-0.15, -0.1) is 0 Å². The van der Waals surface area contributed by atoms with Crippen molar-refractivity contribution in [1.82, 2.24) is 4.90 Å². The zero-order valence-corrected chi connectivity index (χ0v) is 17.4. The first-order chi connectivity index (χ1) is 13.6. The summed E-state index contributed by atoms with van der Waals surface area (Å²) in [4.78, 5) is 14.8. The number of nitrogens with zero attached hydrogens (tertiary/aromatic N) is 1. The van der Waals surface area contributed by atoms with Gasteiger partial charge in [-0.2, -0.15) is 0 Å². The van der Waals surface area contributed by atoms with E-state index in [1.165, 1.54) is 0 Å². The van der Waals surface area contributed by atoms with Crippen LogP contribution in [-0.4, -0.2) is 28.2 Å². The molecule has 1 aliphatic rings. The van der Waals surface area contributed by atoms with E-state index in [2.05, 4.69) is 6.58 Å². The molecule has 0 aromatic heterocycles. The first-order valence-corrected chi connectivity index (χ1v) is 9.93. The highest BCUT2D eigenvalue weighted by Gasteiger charge is 2.46. The van der Waals surface area contributed by atoms with Crippen LogP contribution in [0.2, 0.25) is 0 Å². The Kier molecular flexibility index (Phi) is 5.71. The predicted octanol–water partition coefficient (Wildman–Crippen LogP) is 4.58. The number of ether oxygens (including phenoxy) is 1. The quantitative estimate of drug-likeness (QED) is 0.752. The van der Waals surface area contributed by atoms with E-state index in [1.807, 2.05) is 61.5 Å². The molecule has 1 heterocycles. The highest BCUT2D eigenvalue weighted by molar-refractivity contribution is 5.70. The standard InChI is InChI=1S/C24H30N2O3/c1-17(25)19-10-12-20(13-11-19)18(2)26-15-14-24(29-22(26)27,16-23(3,4)28)21-8-6-5-7-9-21/h5-13,18,28H,1,14-16,25H2,2-4H3/t18-,24-/m0/s1. The van der Waals surface area contributed by atoms with Gasteiger partial charge in [-0.05, 0) is 37.5 Å². The zero-order chi connectivity index (χ0) is 21.2. The molecular weight excluding hydrogens is 364 g/mol. The van der Waals surface area contributed by atoms with Gasteiger partial charge in [-0.1, -0.05) is 61.2 Å². The zero-order valence-electron chi connectivity index (χ0n) is 17.4. The molecule has 3 rings (SSSR count). The third-order valence-corrected chi connectivity index (χ3v) is 5.52. The number of carbonyl (C=O) groups is 1. The second-order valence-corrected chi connectivity index (χ2v) is 8.48. The van der Waals surface area contributed by atoms with Gasteiger partial charge in [0.1, 0.15) is 5.60 Å². The van der Waals surface area contributed by atoms with Gasteiger partial charge in [0.05, 0.1) is 11.6 Å². The van der Waals surface area contributed by atoms with E-state index in [4.69, 9.17) is 10.5 Å². The number of carbonyl (C=O) groups excluding carboxylic acids is 1. The third kappa shape index (κ3) is 4.62. The van der Waals surface area contributed by atoms with Gasteiger partial charge in [0, 0.05) is 25.1 Å². The highest BCUT2D eigenvalue weighted by atomic mass is 16.6. The predicted molar refractivity (Wildman–Crippen MR) is 115 cm³/mol. The maximum atomic E-state index is 13.0. The number of amides is 1. The van der Waals surface area contributed by atoms with Gasteiger partial charge in [0.25, 0.3) is 0 Å². The smallest absolute Gasteiger partial charge is 0.411 e. The van der Waals surface area contributed by atoms with Crippen molar-refractivity contribution in [1.29, 1.82) is 0 Å². The second-order valence-electron chi connectivity index (χ2n) is 8.48. The van der Waals surface area contributed by atoms with Crippen LogP contribution in [0, 0.1) is 0 Å². The third-order valence-electron chi connectivity index (χ3n) is 5.52. The lowest BCUT2D eigenvalue weighted by Crippen LogP contribution is -2.51. The molecule has 0 bridgehead atoms. The van der Waals surface area contributed by atoms with Crippen molar-refractivity contribution in [3.63, 3.8) is 0 Å². The summed E-state index contributed by atoms with van der Waals surface area (Å²) in [6.07, 6.45) is 0.573. The summed E-state index contributed by atoms with van der Waals surface area (Å²) in [6, 6.07) is 17.3. The van der Waals surface area contributed by atoms with Crippen molar-refractivity contribution in [2.24, 2.45) is 5.73 Å². The molecule has 1 fully saturated rings. The second kappa shape index (κ2) is 7.91. The molecule has 0 saturated carbocycles. The molecule has 0 spiro atoms. The summed E-state index contributed by atoms with van der Waals surface area (Å²) < 4.78 is 6.05. The van der Waals surface area contributed by atoms with Crippen molar-refractivity contribution < 1.29 is 14.6 Å². The van der Waals surface area contributed by atoms with E-state index < -0.39 is 11.2 Å². The maximum absolute atomic E-state index is 13.0. The molecule has 154 valence electrons. The first-order valence-electron chi connectivity index (χ1n) is 9.93. The number of benzene rings is 2. The molecule has 5 heteroatoms. The molecule has 1 amide bonds. The molecule has 2 aromatic carbocycles. The molecule has 5 nitrogen and oxygen atoms in total. The van der Waals surface area contributed by atoms with Gasteiger partial charge in [-0.3, -0.25) is 0 Å². The van der Waals surface area contributed by atoms with Crippen LogP contribution in [0.5, 0.6) is 0 Å². The van der Waals surface area contributed by atoms with Crippen molar-refractivity contribution in [2.75, 3.05) is 6.54 Å². The highest BCUT2D eigenvalue weighted by Crippen LogP contribution is 2.42. The normalized spacial score (nSPS) is 20.8. The monoisotopic (exact) mass is 394 g/mol. The fourth-order valence-electron chi connectivity index (χ4n) is 4.05. The van der Waals surface area contributed by atoms with Crippen LogP contribution >= 0.6 is 0 Å². The van der Waals surface area contributed by atoms with Crippen molar-refractivity contribution in [3.05, 3.63) is 77.9 Å². The van der Waals surface area contributed by atoms with Crippen LogP contribution in [0.3, 0.4) is 0 Å². The van der Waals surface area contributed by atoms with Gasteiger partial charge < -0.3 is 20.5 Å². The van der Waals surface area contributed by atoms with Crippen LogP contribution < -0.4 is 5.73 Å². The molecule has 0 aliphatic carbocycles. The fourth-order valence-corrected chi connectivity index (χ4v) is 4.05. The van der Waals surface area contributed by atoms with E-state index in [1.54, 1.807) is 18.7 Å². The molecular formula is C24H30N2O3. The van der Waals surface area contributed by atoms with Gasteiger partial charge in [-0.25, -0.2) is 4.79 Å². The average molecular weight is 395 g/mol. The van der Waals surface area contributed by atoms with Gasteiger partial charge in [0.15, 0.2) is 0 Å². The van der Waals surface area contributed by atoms with E-state index in [0.29, 0.717) is 25.1 Å². The van der Waals surface area contributed by atoms with Crippen LogP contribution in [0.15, 0.2) is 61.2 Å². The molecule has 0 radical (unpaired) electrons. The van der Waals surface area contributed by atoms with E-state index in [0.717, 1.165) is 16.7 Å². The summed E-state index contributed by atoms with van der Waals surface area (Å²) in [7, 11) is 0. The van der Waals surface area contributed by atoms with E-state index in [9.17, 15) is 9.90 Å². The topological polar surface area (TPSA) is 75.8 Å². The molecule has 1 aliphatic heterocycles. The first kappa shape index (κ1) is 20.9. The minimum absolute atomic E-state index is 0.140. The minimum Gasteiger partial charge on any atom is -0.438 e. The molecule has 0 unspecified atom stereocenters. The summed E-state index contributed by atoms with van der Waals surface area (Å²) in [5, 5.41) is 10.5. The number of cyclic esters (lactones) is 1. The Morgan fingerprint density at radius 2 is 1.86 bits per heavy atom. The molecule has 3 N–H and O–H groups in total. The number of hydrogen-bond acceptors (Lipinski definition) is 4. The Bertz CT molecular complexity index is 871. The summed E-state index contributed by atoms with van der Waals surface area (Å²) >= 11 is 0. The Hall–Kier alpha value is -2.79. The minimum atomic E-state index is -0.968. The fraction of sp³-hybridized carbons (Fsp3) is 0.375. The van der Waals surface area contributed by atoms with Crippen molar-refractivity contribution in [3.8, 4) is 0 Å². The number of nitrogens with two attached hydrogens (primary N) is 1. The largest absolute Gasteiger partial charge is 0.438 e. The van der Waals surface area contributed by atoms with Crippen LogP contribution in [0.4, 0.5) is 4.79 Å². The van der Waals surface area contributed by atoms with Gasteiger partial charge >= 0.3 is 6.09 Å². The Labute approximate surface area is 172 Å². The van der Waals surface area contributed by atoms with Gasteiger partial charge in [0.2, 0.25) is 0 Å². The van der Waals surface area contributed by atoms with E-state index in [-0.39, 0.29) is 12.1 Å². The lowest BCUT2D eigenvalue weighted by atomic mass is 9.80. The lowest BCUT2D eigenvalue weighted by Gasteiger charge is -2.45. The Balaban J connectivity index is 1.83. The molecule has 2 atom stereocenters. The Morgan fingerprint density at radius 1 is 1.24 bits per heavy atom. The molecule has 1 saturated heterocycles. The Morgan fingerprint density at radius 3 is 2.38 bits per heavy atom. The number of aliphatic hydroxyl groups is 1. The summed E-state index contributed by atoms with van der Waals surface area (Å²) in [5.41, 5.74) is 7.23. The number of hydrogen-bond donors (Lipinski definition) is 2. The lowest BCUT2D eigenvalue weighted by molar-refractivity contribution is -0.101. The maximum Gasteiger partial charge on any atom is 0.411 e. The van der Waals surface area contributed by atoms with Crippen molar-refractivity contribution in [2.45, 2.75) is 50.9 Å². The molecule has 29 heavy (non-hydrogen) atoms. The van der Waals surface area contributed by atoms with Crippen molar-refractivity contribution >= 4 is 11.8 Å². The van der Waals surface area contributed by atoms with Crippen LogP contribution in [0.1, 0.15) is 56.3 Å². The van der Waals surface area contributed by atoms with Crippen LogP contribution in [-0.2, 0) is 10.3 Å². The SMILES string of the molecule is C=C(N)c1ccc([C@H](C)N2CC[C@](CC(C)(C)O)(c3ccccc3)OC2=O)cc1. The van der Waals surface area contributed by atoms with Crippen LogP contribution in [0.25, 0.3) is 5.70 Å². The average Bonchev–Trinajstić information content (AvgIpc) is 2.67. The number of rotatable bonds is 6. The molecule has 2 aromatic rings.